The highest BCUT2D eigenvalue weighted by molar-refractivity contribution is 7.85. The summed E-state index contributed by atoms with van der Waals surface area (Å²) in [5, 5.41) is 1.80. The first-order chi connectivity index (χ1) is 13.9. The van der Waals surface area contributed by atoms with Crippen molar-refractivity contribution >= 4 is 20.9 Å². The number of rotatable bonds is 4. The minimum atomic E-state index is -3.61. The van der Waals surface area contributed by atoms with Crippen molar-refractivity contribution in [1.82, 2.24) is 0 Å². The van der Waals surface area contributed by atoms with E-state index in [-0.39, 0.29) is 20.2 Å². The number of hydrogen-bond donors (Lipinski definition) is 0. The second-order valence-electron chi connectivity index (χ2n) is 6.98. The van der Waals surface area contributed by atoms with Crippen LogP contribution in [0.5, 0.6) is 23.0 Å². The Morgan fingerprint density at radius 3 is 2.48 bits per heavy atom. The van der Waals surface area contributed by atoms with E-state index in [1.54, 1.807) is 0 Å². The fraction of sp³-hybridized carbons (Fsp3) is 0.238. The molecule has 2 heterocycles. The Balaban J connectivity index is 1.81. The third-order valence-electron chi connectivity index (χ3n) is 5.05. The van der Waals surface area contributed by atoms with Crippen LogP contribution in [0.25, 0.3) is 21.9 Å². The zero-order valence-corrected chi connectivity index (χ0v) is 16.7. The van der Waals surface area contributed by atoms with Gasteiger partial charge in [-0.15, -0.1) is 0 Å². The molecular formula is C21H18O7S. The number of benzene rings is 3. The molecule has 0 radical (unpaired) electrons. The zero-order chi connectivity index (χ0) is 20.2. The highest BCUT2D eigenvalue weighted by Crippen LogP contribution is 2.47. The van der Waals surface area contributed by atoms with Crippen LogP contribution in [0.15, 0.2) is 36.4 Å². The van der Waals surface area contributed by atoms with Crippen LogP contribution in [0.2, 0.25) is 0 Å². The monoisotopic (exact) mass is 414 g/mol. The molecule has 0 aromatic heterocycles. The Hall–Kier alpha value is -2.97. The molecule has 3 aromatic rings. The fourth-order valence-corrected chi connectivity index (χ4v) is 4.09. The van der Waals surface area contributed by atoms with Crippen LogP contribution in [-0.4, -0.2) is 28.3 Å². The molecule has 0 saturated heterocycles. The third kappa shape index (κ3) is 3.14. The third-order valence-corrected chi connectivity index (χ3v) is 5.60. The fourth-order valence-electron chi connectivity index (χ4n) is 3.76. The highest BCUT2D eigenvalue weighted by Gasteiger charge is 2.25. The molecule has 3 aromatic carbocycles. The van der Waals surface area contributed by atoms with Gasteiger partial charge in [-0.2, -0.15) is 8.42 Å². The van der Waals surface area contributed by atoms with Gasteiger partial charge in [0.2, 0.25) is 13.6 Å². The molecule has 0 unspecified atom stereocenters. The first-order valence-electron chi connectivity index (χ1n) is 9.00. The predicted octanol–water partition coefficient (Wildman–Crippen LogP) is 3.75. The molecule has 0 fully saturated rings. The summed E-state index contributed by atoms with van der Waals surface area (Å²) in [6.45, 7) is 2.15. The second kappa shape index (κ2) is 6.53. The molecule has 7 nitrogen and oxygen atoms in total. The maximum Gasteiger partial charge on any atom is 0.264 e. The summed E-state index contributed by atoms with van der Waals surface area (Å²) in [5.41, 5.74) is 3.33. The molecule has 0 spiro atoms. The largest absolute Gasteiger partial charge is 0.454 e. The van der Waals surface area contributed by atoms with Gasteiger partial charge in [0.25, 0.3) is 10.1 Å². The summed E-state index contributed by atoms with van der Waals surface area (Å²) < 4.78 is 50.8. The quantitative estimate of drug-likeness (QED) is 0.602. The summed E-state index contributed by atoms with van der Waals surface area (Å²) in [4.78, 5) is 0. The average Bonchev–Trinajstić information content (AvgIpc) is 3.33. The molecule has 8 heteroatoms. The molecular weight excluding hydrogens is 396 g/mol. The van der Waals surface area contributed by atoms with Gasteiger partial charge in [0.15, 0.2) is 23.0 Å². The summed E-state index contributed by atoms with van der Waals surface area (Å²) in [5.74, 6) is 2.59. The van der Waals surface area contributed by atoms with Gasteiger partial charge in [-0.25, -0.2) is 0 Å². The molecule has 0 N–H and O–H groups in total. The maximum atomic E-state index is 11.7. The van der Waals surface area contributed by atoms with Crippen LogP contribution in [0.1, 0.15) is 11.1 Å². The van der Waals surface area contributed by atoms with Crippen molar-refractivity contribution < 1.29 is 31.5 Å². The van der Waals surface area contributed by atoms with Gasteiger partial charge in [-0.1, -0.05) is 18.2 Å². The molecule has 0 aliphatic carbocycles. The van der Waals surface area contributed by atoms with Gasteiger partial charge in [-0.05, 0) is 52.8 Å². The van der Waals surface area contributed by atoms with E-state index in [9.17, 15) is 8.42 Å². The lowest BCUT2D eigenvalue weighted by atomic mass is 9.89. The van der Waals surface area contributed by atoms with Crippen molar-refractivity contribution in [3.63, 3.8) is 0 Å². The van der Waals surface area contributed by atoms with Crippen molar-refractivity contribution in [3.05, 3.63) is 47.5 Å². The lowest BCUT2D eigenvalue weighted by molar-refractivity contribution is 0.174. The number of fused-ring (bicyclic) bond motifs is 4. The Morgan fingerprint density at radius 1 is 0.931 bits per heavy atom. The second-order valence-corrected chi connectivity index (χ2v) is 8.62. The van der Waals surface area contributed by atoms with Gasteiger partial charge < -0.3 is 18.9 Å². The first kappa shape index (κ1) is 18.1. The Labute approximate surface area is 167 Å². The molecule has 2 aliphatic rings. The van der Waals surface area contributed by atoms with Gasteiger partial charge in [0, 0.05) is 5.39 Å². The minimum Gasteiger partial charge on any atom is -0.454 e. The van der Waals surface area contributed by atoms with E-state index in [4.69, 9.17) is 23.1 Å². The molecule has 150 valence electrons. The van der Waals surface area contributed by atoms with E-state index < -0.39 is 10.1 Å². The molecule has 29 heavy (non-hydrogen) atoms. The smallest absolute Gasteiger partial charge is 0.264 e. The van der Waals surface area contributed by atoms with Crippen molar-refractivity contribution in [3.8, 4) is 34.1 Å². The van der Waals surface area contributed by atoms with Crippen LogP contribution in [0.4, 0.5) is 0 Å². The molecule has 0 atom stereocenters. The zero-order valence-electron chi connectivity index (χ0n) is 15.9. The lowest BCUT2D eigenvalue weighted by Crippen LogP contribution is -2.06. The molecule has 5 rings (SSSR count). The summed E-state index contributed by atoms with van der Waals surface area (Å²) >= 11 is 0. The number of hydrogen-bond acceptors (Lipinski definition) is 7. The Morgan fingerprint density at radius 2 is 1.66 bits per heavy atom. The predicted molar refractivity (Wildman–Crippen MR) is 106 cm³/mol. The van der Waals surface area contributed by atoms with Crippen molar-refractivity contribution in [2.24, 2.45) is 0 Å². The molecule has 0 amide bonds. The van der Waals surface area contributed by atoms with Crippen LogP contribution >= 0.6 is 0 Å². The van der Waals surface area contributed by atoms with Gasteiger partial charge in [0.05, 0.1) is 12.9 Å². The number of aryl methyl sites for hydroxylation is 1. The lowest BCUT2D eigenvalue weighted by Gasteiger charge is -2.18. The van der Waals surface area contributed by atoms with E-state index in [0.717, 1.165) is 39.3 Å². The summed E-state index contributed by atoms with van der Waals surface area (Å²) in [6, 6.07) is 11.5. The van der Waals surface area contributed by atoms with Crippen LogP contribution in [0.3, 0.4) is 0 Å². The average molecular weight is 414 g/mol. The topological polar surface area (TPSA) is 80.3 Å². The summed E-state index contributed by atoms with van der Waals surface area (Å²) in [6.07, 6.45) is 1.04. The van der Waals surface area contributed by atoms with Crippen molar-refractivity contribution in [2.45, 2.75) is 13.5 Å². The van der Waals surface area contributed by atoms with Crippen molar-refractivity contribution in [1.29, 1.82) is 0 Å². The van der Waals surface area contributed by atoms with E-state index in [2.05, 4.69) is 0 Å². The van der Waals surface area contributed by atoms with E-state index in [0.29, 0.717) is 23.0 Å². The SMILES string of the molecule is Cc1cc2ccc3c(c2c(-c2ccc4c(c2)OCO4)c1COS(C)(=O)=O)OCO3. The molecule has 2 aliphatic heterocycles. The van der Waals surface area contributed by atoms with Crippen LogP contribution in [-0.2, 0) is 20.9 Å². The minimum absolute atomic E-state index is 0.0884. The standard InChI is InChI=1S/C21H18O7S/c1-12-7-13-4-6-17-21(27-11-25-17)20(13)19(15(12)9-28-29(2,22)23)14-3-5-16-18(8-14)26-10-24-16/h3-8H,9-11H2,1-2H3. The number of ether oxygens (including phenoxy) is 4. The highest BCUT2D eigenvalue weighted by atomic mass is 32.2. The van der Waals surface area contributed by atoms with Gasteiger partial charge >= 0.3 is 0 Å². The van der Waals surface area contributed by atoms with Crippen LogP contribution in [0, 0.1) is 6.92 Å². The Kier molecular flexibility index (Phi) is 4.07. The van der Waals surface area contributed by atoms with E-state index >= 15 is 0 Å². The van der Waals surface area contributed by atoms with Crippen molar-refractivity contribution in [2.75, 3.05) is 19.8 Å². The van der Waals surface area contributed by atoms with Gasteiger partial charge in [-0.3, -0.25) is 4.18 Å². The molecule has 0 bridgehead atoms. The van der Waals surface area contributed by atoms with Crippen LogP contribution < -0.4 is 18.9 Å². The Bertz CT molecular complexity index is 1250. The van der Waals surface area contributed by atoms with E-state index in [1.807, 2.05) is 43.3 Å². The maximum absolute atomic E-state index is 11.7. The summed E-state index contributed by atoms with van der Waals surface area (Å²) in [7, 11) is -3.61. The first-order valence-corrected chi connectivity index (χ1v) is 10.8. The normalized spacial score (nSPS) is 14.6. The van der Waals surface area contributed by atoms with Gasteiger partial charge in [0.1, 0.15) is 0 Å². The van der Waals surface area contributed by atoms with E-state index in [1.165, 1.54) is 0 Å². The molecule has 0 saturated carbocycles.